The van der Waals surface area contributed by atoms with Crippen molar-refractivity contribution in [3.05, 3.63) is 78.8 Å². The van der Waals surface area contributed by atoms with E-state index in [1.165, 1.54) is 18.3 Å². The van der Waals surface area contributed by atoms with E-state index in [1.54, 1.807) is 42.5 Å². The van der Waals surface area contributed by atoms with Gasteiger partial charge in [-0.2, -0.15) is 0 Å². The summed E-state index contributed by atoms with van der Waals surface area (Å²) in [5, 5.41) is 10.0. The molecule has 1 amide bonds. The largest absolute Gasteiger partial charge is 0.465 e. The highest BCUT2D eigenvalue weighted by Crippen LogP contribution is 2.34. The number of nitrogens with two attached hydrogens (primary N) is 1. The van der Waals surface area contributed by atoms with Gasteiger partial charge in [0.05, 0.1) is 22.5 Å². The summed E-state index contributed by atoms with van der Waals surface area (Å²) in [5.74, 6) is -0.0173. The van der Waals surface area contributed by atoms with Crippen molar-refractivity contribution in [1.29, 1.82) is 0 Å². The second kappa shape index (κ2) is 7.48. The van der Waals surface area contributed by atoms with Gasteiger partial charge >= 0.3 is 6.09 Å². The van der Waals surface area contributed by atoms with Crippen molar-refractivity contribution < 1.29 is 18.3 Å². The topological polar surface area (TPSA) is 131 Å². The summed E-state index contributed by atoms with van der Waals surface area (Å²) >= 11 is 0. The minimum Gasteiger partial charge on any atom is -0.465 e. The Hall–Kier alpha value is -3.92. The summed E-state index contributed by atoms with van der Waals surface area (Å²) < 4.78 is 27.4. The van der Waals surface area contributed by atoms with E-state index >= 15 is 0 Å². The number of hydrogen-bond acceptors (Lipinski definition) is 6. The average molecular weight is 423 g/mol. The number of amides is 1. The third kappa shape index (κ3) is 3.33. The van der Waals surface area contributed by atoms with Gasteiger partial charge in [0, 0.05) is 6.20 Å². The summed E-state index contributed by atoms with van der Waals surface area (Å²) in [6, 6.07) is 16.7. The van der Waals surface area contributed by atoms with E-state index in [2.05, 4.69) is 9.97 Å². The fourth-order valence-corrected chi connectivity index (χ4v) is 4.49. The van der Waals surface area contributed by atoms with Crippen LogP contribution in [0.1, 0.15) is 5.56 Å². The maximum absolute atomic E-state index is 13.2. The molecule has 9 nitrogen and oxygen atoms in total. The van der Waals surface area contributed by atoms with Gasteiger partial charge < -0.3 is 10.8 Å². The highest BCUT2D eigenvalue weighted by atomic mass is 32.2. The Bertz CT molecular complexity index is 1320. The predicted octanol–water partition coefficient (Wildman–Crippen LogP) is 2.94. The summed E-state index contributed by atoms with van der Waals surface area (Å²) in [6.07, 6.45) is 1.09. The molecule has 0 aliphatic heterocycles. The molecule has 0 aliphatic carbocycles. The molecule has 0 saturated carbocycles. The van der Waals surface area contributed by atoms with Gasteiger partial charge in [-0.15, -0.1) is 0 Å². The summed E-state index contributed by atoms with van der Waals surface area (Å²) in [7, 11) is -4.04. The molecule has 0 atom stereocenters. The van der Waals surface area contributed by atoms with Crippen molar-refractivity contribution in [3.8, 4) is 0 Å². The Morgan fingerprint density at radius 3 is 2.30 bits per heavy atom. The van der Waals surface area contributed by atoms with Crippen molar-refractivity contribution in [1.82, 2.24) is 13.9 Å². The lowest BCUT2D eigenvalue weighted by Crippen LogP contribution is -2.28. The van der Waals surface area contributed by atoms with Gasteiger partial charge in [0.1, 0.15) is 12.1 Å². The fourth-order valence-electron chi connectivity index (χ4n) is 3.15. The predicted molar refractivity (Wildman–Crippen MR) is 112 cm³/mol. The first-order valence-corrected chi connectivity index (χ1v) is 10.3. The molecular formula is C20H17N5O4S. The second-order valence-electron chi connectivity index (χ2n) is 6.44. The van der Waals surface area contributed by atoms with Crippen LogP contribution in [0.5, 0.6) is 0 Å². The van der Waals surface area contributed by atoms with Crippen molar-refractivity contribution in [3.63, 3.8) is 0 Å². The molecular weight excluding hydrogens is 406 g/mol. The van der Waals surface area contributed by atoms with E-state index in [0.717, 1.165) is 20.8 Å². The third-order valence-corrected chi connectivity index (χ3v) is 6.23. The molecule has 2 aromatic carbocycles. The van der Waals surface area contributed by atoms with Crippen LogP contribution >= 0.6 is 0 Å². The fraction of sp³-hybridized carbons (Fsp3) is 0.0500. The summed E-state index contributed by atoms with van der Waals surface area (Å²) in [6.45, 7) is -0.00495. The van der Waals surface area contributed by atoms with Gasteiger partial charge in [0.15, 0.2) is 5.65 Å². The molecule has 0 bridgehead atoms. The van der Waals surface area contributed by atoms with E-state index in [0.29, 0.717) is 0 Å². The SMILES string of the molecule is Nc1ncnc2c1c(N(Cc1ccccc1)C(=O)O)cn2S(=O)(=O)c1ccccc1. The minimum atomic E-state index is -4.04. The average Bonchev–Trinajstić information content (AvgIpc) is 3.15. The molecule has 0 spiro atoms. The Morgan fingerprint density at radius 2 is 1.67 bits per heavy atom. The zero-order chi connectivity index (χ0) is 21.3. The minimum absolute atomic E-state index is 0.000615. The Labute approximate surface area is 172 Å². The zero-order valence-corrected chi connectivity index (χ0v) is 16.4. The van der Waals surface area contributed by atoms with Crippen LogP contribution < -0.4 is 10.6 Å². The van der Waals surface area contributed by atoms with E-state index in [-0.39, 0.29) is 34.0 Å². The maximum atomic E-state index is 13.2. The molecule has 2 heterocycles. The van der Waals surface area contributed by atoms with Crippen LogP contribution in [-0.2, 0) is 16.6 Å². The molecule has 30 heavy (non-hydrogen) atoms. The molecule has 4 rings (SSSR count). The molecule has 3 N–H and O–H groups in total. The second-order valence-corrected chi connectivity index (χ2v) is 8.26. The van der Waals surface area contributed by atoms with Crippen molar-refractivity contribution >= 4 is 38.7 Å². The van der Waals surface area contributed by atoms with E-state index in [4.69, 9.17) is 5.73 Å². The van der Waals surface area contributed by atoms with Crippen LogP contribution in [0.4, 0.5) is 16.3 Å². The highest BCUT2D eigenvalue weighted by Gasteiger charge is 2.28. The molecule has 0 aliphatic rings. The van der Waals surface area contributed by atoms with E-state index in [1.807, 2.05) is 6.07 Å². The molecule has 0 unspecified atom stereocenters. The molecule has 0 fully saturated rings. The lowest BCUT2D eigenvalue weighted by molar-refractivity contribution is 0.201. The lowest BCUT2D eigenvalue weighted by atomic mass is 10.2. The standard InChI is InChI=1S/C20H17N5O4S/c21-18-17-16(24(20(26)27)11-14-7-3-1-4-8-14)12-25(19(17)23-13-22-18)30(28,29)15-9-5-2-6-10-15/h1-10,12-13H,11H2,(H,26,27)(H2,21,22,23). The van der Waals surface area contributed by atoms with Gasteiger partial charge in [-0.1, -0.05) is 48.5 Å². The number of anilines is 2. The van der Waals surface area contributed by atoms with Crippen molar-refractivity contribution in [2.75, 3.05) is 10.6 Å². The normalized spacial score (nSPS) is 11.5. The highest BCUT2D eigenvalue weighted by molar-refractivity contribution is 7.90. The van der Waals surface area contributed by atoms with E-state index in [9.17, 15) is 18.3 Å². The van der Waals surface area contributed by atoms with Crippen LogP contribution in [0.3, 0.4) is 0 Å². The Kier molecular flexibility index (Phi) is 4.84. The third-order valence-electron chi connectivity index (χ3n) is 4.57. The number of fused-ring (bicyclic) bond motifs is 1. The number of carboxylic acid groups (broad SMARTS) is 1. The zero-order valence-electron chi connectivity index (χ0n) is 15.6. The van der Waals surface area contributed by atoms with Gasteiger partial charge in [-0.25, -0.2) is 27.2 Å². The van der Waals surface area contributed by atoms with Crippen LogP contribution in [-0.4, -0.2) is 33.6 Å². The monoisotopic (exact) mass is 423 g/mol. The quantitative estimate of drug-likeness (QED) is 0.504. The first-order valence-electron chi connectivity index (χ1n) is 8.86. The first-order chi connectivity index (χ1) is 14.4. The van der Waals surface area contributed by atoms with Gasteiger partial charge in [0.2, 0.25) is 0 Å². The number of carbonyl (C=O) groups is 1. The summed E-state index contributed by atoms with van der Waals surface area (Å²) in [5.41, 5.74) is 6.81. The Morgan fingerprint density at radius 1 is 1.03 bits per heavy atom. The van der Waals surface area contributed by atoms with Crippen molar-refractivity contribution in [2.24, 2.45) is 0 Å². The van der Waals surface area contributed by atoms with Gasteiger partial charge in [-0.05, 0) is 17.7 Å². The van der Waals surface area contributed by atoms with Crippen LogP contribution in [0.2, 0.25) is 0 Å². The van der Waals surface area contributed by atoms with Gasteiger partial charge in [-0.3, -0.25) is 4.90 Å². The number of nitrogens with zero attached hydrogens (tertiary/aromatic N) is 4. The molecule has 0 saturated heterocycles. The molecule has 152 valence electrons. The molecule has 10 heteroatoms. The lowest BCUT2D eigenvalue weighted by Gasteiger charge is -2.18. The van der Waals surface area contributed by atoms with E-state index < -0.39 is 16.1 Å². The number of benzene rings is 2. The maximum Gasteiger partial charge on any atom is 0.412 e. The van der Waals surface area contributed by atoms with Crippen LogP contribution in [0.15, 0.2) is 78.1 Å². The number of nitrogen functional groups attached to an aromatic ring is 1. The number of aromatic nitrogens is 3. The molecule has 0 radical (unpaired) electrons. The Balaban J connectivity index is 1.94. The molecule has 4 aromatic rings. The van der Waals surface area contributed by atoms with Gasteiger partial charge in [0.25, 0.3) is 10.0 Å². The van der Waals surface area contributed by atoms with Crippen molar-refractivity contribution in [2.45, 2.75) is 11.4 Å². The van der Waals surface area contributed by atoms with Crippen LogP contribution in [0, 0.1) is 0 Å². The van der Waals surface area contributed by atoms with Crippen LogP contribution in [0.25, 0.3) is 11.0 Å². The first kappa shape index (κ1) is 19.4. The number of rotatable bonds is 5. The number of hydrogen-bond donors (Lipinski definition) is 2. The smallest absolute Gasteiger partial charge is 0.412 e. The molecule has 2 aromatic heterocycles. The summed E-state index contributed by atoms with van der Waals surface area (Å²) in [4.78, 5) is 21.1.